The lowest BCUT2D eigenvalue weighted by molar-refractivity contribution is -0.140. The molecule has 0 unspecified atom stereocenters. The Bertz CT molecular complexity index is 646. The van der Waals surface area contributed by atoms with Crippen LogP contribution in [-0.2, 0) is 10.2 Å². The molecule has 2 atom stereocenters. The van der Waals surface area contributed by atoms with Crippen molar-refractivity contribution in [2.45, 2.75) is 24.7 Å². The fourth-order valence-corrected chi connectivity index (χ4v) is 2.94. The topological polar surface area (TPSA) is 94.0 Å². The highest BCUT2D eigenvalue weighted by atomic mass is 35.5. The van der Waals surface area contributed by atoms with E-state index in [0.717, 1.165) is 18.5 Å². The van der Waals surface area contributed by atoms with Crippen molar-refractivity contribution >= 4 is 18.4 Å². The molecule has 0 bridgehead atoms. The van der Waals surface area contributed by atoms with Crippen molar-refractivity contribution < 1.29 is 9.90 Å². The van der Waals surface area contributed by atoms with Crippen molar-refractivity contribution in [2.24, 2.45) is 11.7 Å². The summed E-state index contributed by atoms with van der Waals surface area (Å²) in [6, 6.07) is 3.72. The maximum atomic E-state index is 11.7. The van der Waals surface area contributed by atoms with Gasteiger partial charge in [0.2, 0.25) is 0 Å². The third kappa shape index (κ3) is 2.71. The second-order valence-corrected chi connectivity index (χ2v) is 5.48. The lowest BCUT2D eigenvalue weighted by atomic mass is 9.98. The van der Waals surface area contributed by atoms with E-state index in [-0.39, 0.29) is 18.3 Å². The SMILES string of the molecule is Cl.NCCC[C@H]1C[C@]1(C(=O)O)c1cn(-c2ccncc2)cn1. The van der Waals surface area contributed by atoms with Crippen molar-refractivity contribution in [1.82, 2.24) is 14.5 Å². The number of imidazole rings is 1. The van der Waals surface area contributed by atoms with Gasteiger partial charge in [-0.05, 0) is 43.9 Å². The quantitative estimate of drug-likeness (QED) is 0.845. The van der Waals surface area contributed by atoms with E-state index in [1.807, 2.05) is 22.9 Å². The third-order valence-corrected chi connectivity index (χ3v) is 4.24. The molecular formula is C15H19ClN4O2. The Morgan fingerprint density at radius 2 is 2.18 bits per heavy atom. The maximum absolute atomic E-state index is 11.7. The largest absolute Gasteiger partial charge is 0.481 e. The van der Waals surface area contributed by atoms with Crippen LogP contribution in [0.3, 0.4) is 0 Å². The normalized spacial score (nSPS) is 22.9. The van der Waals surface area contributed by atoms with Gasteiger partial charge in [-0.2, -0.15) is 0 Å². The number of carbonyl (C=O) groups is 1. The Balaban J connectivity index is 0.00000176. The fraction of sp³-hybridized carbons (Fsp3) is 0.400. The summed E-state index contributed by atoms with van der Waals surface area (Å²) in [5.74, 6) is -0.649. The van der Waals surface area contributed by atoms with Crippen molar-refractivity contribution in [1.29, 1.82) is 0 Å². The smallest absolute Gasteiger partial charge is 0.316 e. The van der Waals surface area contributed by atoms with Crippen LogP contribution >= 0.6 is 12.4 Å². The number of hydrogen-bond acceptors (Lipinski definition) is 4. The van der Waals surface area contributed by atoms with Crippen LogP contribution in [0.1, 0.15) is 25.0 Å². The van der Waals surface area contributed by atoms with E-state index in [4.69, 9.17) is 5.73 Å². The zero-order valence-electron chi connectivity index (χ0n) is 12.1. The summed E-state index contributed by atoms with van der Waals surface area (Å²) in [5.41, 5.74) is 6.24. The molecule has 1 aliphatic rings. The number of halogens is 1. The molecule has 1 aliphatic carbocycles. The Kier molecular flexibility index (Phi) is 4.83. The number of aromatic nitrogens is 3. The van der Waals surface area contributed by atoms with Gasteiger partial charge in [-0.25, -0.2) is 4.98 Å². The molecule has 0 radical (unpaired) electrons. The first kappa shape index (κ1) is 16.5. The third-order valence-electron chi connectivity index (χ3n) is 4.24. The minimum atomic E-state index is -0.826. The highest BCUT2D eigenvalue weighted by Gasteiger charge is 2.62. The van der Waals surface area contributed by atoms with Crippen molar-refractivity contribution in [3.05, 3.63) is 42.7 Å². The van der Waals surface area contributed by atoms with Gasteiger partial charge in [0.15, 0.2) is 0 Å². The van der Waals surface area contributed by atoms with Gasteiger partial charge >= 0.3 is 5.97 Å². The first-order valence-corrected chi connectivity index (χ1v) is 7.07. The van der Waals surface area contributed by atoms with Gasteiger partial charge in [0.05, 0.1) is 12.0 Å². The van der Waals surface area contributed by atoms with Crippen LogP contribution in [0.5, 0.6) is 0 Å². The van der Waals surface area contributed by atoms with Crippen LogP contribution in [0.15, 0.2) is 37.1 Å². The van der Waals surface area contributed by atoms with E-state index < -0.39 is 11.4 Å². The molecule has 1 fully saturated rings. The van der Waals surface area contributed by atoms with Gasteiger partial charge in [-0.1, -0.05) is 0 Å². The van der Waals surface area contributed by atoms with Gasteiger partial charge in [0, 0.05) is 24.3 Å². The predicted octanol–water partition coefficient (Wildman–Crippen LogP) is 1.77. The number of carboxylic acids is 1. The molecule has 3 N–H and O–H groups in total. The van der Waals surface area contributed by atoms with E-state index in [1.165, 1.54) is 0 Å². The van der Waals surface area contributed by atoms with E-state index >= 15 is 0 Å². The minimum Gasteiger partial charge on any atom is -0.481 e. The molecular weight excluding hydrogens is 304 g/mol. The molecule has 0 aromatic carbocycles. The lowest BCUT2D eigenvalue weighted by Crippen LogP contribution is -2.23. The van der Waals surface area contributed by atoms with Crippen LogP contribution in [0, 0.1) is 5.92 Å². The van der Waals surface area contributed by atoms with Crippen LogP contribution in [0.25, 0.3) is 5.69 Å². The van der Waals surface area contributed by atoms with Gasteiger partial charge in [0.1, 0.15) is 5.41 Å². The van der Waals surface area contributed by atoms with Gasteiger partial charge in [0.25, 0.3) is 0 Å². The summed E-state index contributed by atoms with van der Waals surface area (Å²) in [4.78, 5) is 20.0. The monoisotopic (exact) mass is 322 g/mol. The Morgan fingerprint density at radius 1 is 1.45 bits per heavy atom. The Morgan fingerprint density at radius 3 is 2.82 bits per heavy atom. The van der Waals surface area contributed by atoms with Crippen LogP contribution < -0.4 is 5.73 Å². The van der Waals surface area contributed by atoms with Crippen LogP contribution in [0.4, 0.5) is 0 Å². The highest BCUT2D eigenvalue weighted by Crippen LogP contribution is 2.56. The zero-order valence-corrected chi connectivity index (χ0v) is 12.9. The molecule has 2 heterocycles. The number of pyridine rings is 1. The summed E-state index contributed by atoms with van der Waals surface area (Å²) < 4.78 is 1.83. The second kappa shape index (κ2) is 6.46. The standard InChI is InChI=1S/C15H18N4O2.ClH/c16-5-1-2-11-8-15(11,14(20)21)13-9-19(10-18-13)12-3-6-17-7-4-12;/h3-4,6-7,9-11H,1-2,5,8,16H2,(H,20,21);1H/t11-,15+;/m0./s1. The number of hydrogen-bond donors (Lipinski definition) is 2. The van der Waals surface area contributed by atoms with Crippen molar-refractivity contribution in [3.63, 3.8) is 0 Å². The van der Waals surface area contributed by atoms with Gasteiger partial charge in [-0.3, -0.25) is 9.78 Å². The molecule has 0 spiro atoms. The highest BCUT2D eigenvalue weighted by molar-refractivity contribution is 5.85. The molecule has 2 aromatic heterocycles. The maximum Gasteiger partial charge on any atom is 0.316 e. The number of aliphatic carboxylic acids is 1. The molecule has 3 rings (SSSR count). The van der Waals surface area contributed by atoms with Gasteiger partial charge < -0.3 is 15.4 Å². The van der Waals surface area contributed by atoms with E-state index in [2.05, 4.69) is 9.97 Å². The van der Waals surface area contributed by atoms with E-state index in [0.29, 0.717) is 18.7 Å². The number of nitrogens with zero attached hydrogens (tertiary/aromatic N) is 3. The number of nitrogens with two attached hydrogens (primary N) is 1. The molecule has 0 saturated heterocycles. The second-order valence-electron chi connectivity index (χ2n) is 5.48. The average molecular weight is 323 g/mol. The van der Waals surface area contributed by atoms with E-state index in [1.54, 1.807) is 18.7 Å². The average Bonchev–Trinajstić information content (AvgIpc) is 3.03. The summed E-state index contributed by atoms with van der Waals surface area (Å²) in [6.07, 6.45) is 9.21. The van der Waals surface area contributed by atoms with Gasteiger partial charge in [-0.15, -0.1) is 12.4 Å². The number of carboxylic acid groups (broad SMARTS) is 1. The Hall–Kier alpha value is -1.92. The van der Waals surface area contributed by atoms with E-state index in [9.17, 15) is 9.90 Å². The van der Waals surface area contributed by atoms with Crippen LogP contribution in [-0.4, -0.2) is 32.2 Å². The van der Waals surface area contributed by atoms with Crippen molar-refractivity contribution in [3.8, 4) is 5.69 Å². The molecule has 1 saturated carbocycles. The number of rotatable bonds is 6. The zero-order chi connectivity index (χ0) is 14.9. The Labute approximate surface area is 134 Å². The molecule has 0 aliphatic heterocycles. The molecule has 22 heavy (non-hydrogen) atoms. The predicted molar refractivity (Wildman–Crippen MR) is 84.3 cm³/mol. The summed E-state index contributed by atoms with van der Waals surface area (Å²) in [7, 11) is 0. The summed E-state index contributed by atoms with van der Waals surface area (Å²) in [6.45, 7) is 0.595. The minimum absolute atomic E-state index is 0. The molecule has 2 aromatic rings. The van der Waals surface area contributed by atoms with Crippen molar-refractivity contribution in [2.75, 3.05) is 6.54 Å². The first-order valence-electron chi connectivity index (χ1n) is 7.07. The molecule has 118 valence electrons. The fourth-order valence-electron chi connectivity index (χ4n) is 2.94. The first-order chi connectivity index (χ1) is 10.2. The molecule has 7 heteroatoms. The summed E-state index contributed by atoms with van der Waals surface area (Å²) >= 11 is 0. The molecule has 0 amide bonds. The summed E-state index contributed by atoms with van der Waals surface area (Å²) in [5, 5.41) is 9.62. The molecule has 6 nitrogen and oxygen atoms in total. The lowest BCUT2D eigenvalue weighted by Gasteiger charge is -2.09. The van der Waals surface area contributed by atoms with Crippen LogP contribution in [0.2, 0.25) is 0 Å².